The van der Waals surface area contributed by atoms with Crippen LogP contribution in [0.4, 0.5) is 27.6 Å². The monoisotopic (exact) mass is 521 g/mol. The fraction of sp³-hybridized carbons (Fsp3) is 0.455. The van der Waals surface area contributed by atoms with Crippen LogP contribution in [0.3, 0.4) is 0 Å². The zero-order valence-corrected chi connectivity index (χ0v) is 20.0. The van der Waals surface area contributed by atoms with Crippen LogP contribution in [0.2, 0.25) is 0 Å². The zero-order chi connectivity index (χ0) is 26.3. The molecular weight excluding hydrogens is 497 g/mol. The lowest BCUT2D eigenvalue weighted by molar-refractivity contribution is -0.188. The number of hydrogen-bond donors (Lipinski definition) is 2. The topological polar surface area (TPSA) is 101 Å². The van der Waals surface area contributed by atoms with Crippen LogP contribution in [-0.2, 0) is 19.3 Å². The quantitative estimate of drug-likeness (QED) is 0.528. The summed E-state index contributed by atoms with van der Waals surface area (Å²) in [5, 5.41) is 2.36. The van der Waals surface area contributed by atoms with Gasteiger partial charge in [-0.2, -0.15) is 17.6 Å². The van der Waals surface area contributed by atoms with Gasteiger partial charge < -0.3 is 14.8 Å². The molecule has 7 nitrogen and oxygen atoms in total. The Labute approximate surface area is 199 Å². The van der Waals surface area contributed by atoms with Crippen molar-refractivity contribution in [2.75, 3.05) is 18.7 Å². The van der Waals surface area contributed by atoms with E-state index in [4.69, 9.17) is 14.3 Å². The molecule has 1 fully saturated rings. The molecule has 2 unspecified atom stereocenters. The van der Waals surface area contributed by atoms with Gasteiger partial charge in [0.1, 0.15) is 11.1 Å². The molecule has 5 atom stereocenters. The lowest BCUT2D eigenvalue weighted by Gasteiger charge is -2.30. The number of methoxy groups -OCH3 is 1. The van der Waals surface area contributed by atoms with Crippen molar-refractivity contribution in [3.63, 3.8) is 0 Å². The molecule has 1 aliphatic heterocycles. The van der Waals surface area contributed by atoms with Crippen molar-refractivity contribution in [1.82, 2.24) is 4.98 Å². The zero-order valence-electron chi connectivity index (χ0n) is 19.2. The fourth-order valence-corrected chi connectivity index (χ4v) is 4.91. The number of aromatic nitrogens is 1. The van der Waals surface area contributed by atoms with Gasteiger partial charge in [-0.1, -0.05) is 13.0 Å². The van der Waals surface area contributed by atoms with Gasteiger partial charge in [-0.05, 0) is 31.0 Å². The predicted octanol–water partition coefficient (Wildman–Crippen LogP) is 4.87. The van der Waals surface area contributed by atoms with E-state index in [1.54, 1.807) is 0 Å². The molecule has 13 heteroatoms. The number of ether oxygens (including phenoxy) is 2. The molecule has 1 aromatic carbocycles. The third-order valence-electron chi connectivity index (χ3n) is 6.08. The molecule has 35 heavy (non-hydrogen) atoms. The van der Waals surface area contributed by atoms with Crippen molar-refractivity contribution in [1.29, 1.82) is 4.78 Å². The third-order valence-corrected chi connectivity index (χ3v) is 7.10. The number of rotatable bonds is 6. The number of nitrogens with one attached hydrogen (secondary N) is 2. The molecule has 1 aliphatic rings. The third kappa shape index (κ3) is 5.56. The van der Waals surface area contributed by atoms with Crippen LogP contribution in [0.1, 0.15) is 31.7 Å². The Hall–Kier alpha value is -2.80. The van der Waals surface area contributed by atoms with Crippen LogP contribution >= 0.6 is 0 Å². The van der Waals surface area contributed by atoms with E-state index >= 15 is 0 Å². The number of anilines is 1. The maximum Gasteiger partial charge on any atom is 0.391 e. The van der Waals surface area contributed by atoms with E-state index in [0.29, 0.717) is 0 Å². The van der Waals surface area contributed by atoms with Gasteiger partial charge in [-0.15, -0.1) is 0 Å². The fourth-order valence-electron chi connectivity index (χ4n) is 4.29. The highest BCUT2D eigenvalue weighted by atomic mass is 32.2. The first-order valence-electron chi connectivity index (χ1n) is 10.3. The number of carbonyl (C=O) groups excluding carboxylic acids is 1. The number of alkyl halides is 3. The summed E-state index contributed by atoms with van der Waals surface area (Å²) in [6.45, 7) is 2.63. The molecule has 1 amide bonds. The van der Waals surface area contributed by atoms with Gasteiger partial charge in [-0.3, -0.25) is 4.79 Å². The van der Waals surface area contributed by atoms with E-state index < -0.39 is 69.2 Å². The summed E-state index contributed by atoms with van der Waals surface area (Å²) in [6.07, 6.45) is -5.22. The minimum atomic E-state index is -4.63. The van der Waals surface area contributed by atoms with Crippen LogP contribution in [0.25, 0.3) is 0 Å². The smallest absolute Gasteiger partial charge is 0.391 e. The molecule has 0 bridgehead atoms. The van der Waals surface area contributed by atoms with Gasteiger partial charge in [0, 0.05) is 29.6 Å². The van der Waals surface area contributed by atoms with E-state index in [2.05, 4.69) is 10.3 Å². The van der Waals surface area contributed by atoms with Crippen molar-refractivity contribution in [2.45, 2.75) is 49.1 Å². The number of pyridine rings is 1. The normalized spacial score (nSPS) is 26.3. The average molecular weight is 522 g/mol. The molecule has 2 heterocycles. The first-order chi connectivity index (χ1) is 16.1. The first-order valence-corrected chi connectivity index (χ1v) is 12.3. The molecule has 2 aromatic rings. The van der Waals surface area contributed by atoms with Crippen LogP contribution < -0.4 is 10.1 Å². The van der Waals surface area contributed by atoms with Gasteiger partial charge in [-0.25, -0.2) is 18.4 Å². The van der Waals surface area contributed by atoms with Crippen molar-refractivity contribution in [2.24, 2.45) is 5.92 Å². The average Bonchev–Trinajstić information content (AvgIpc) is 2.98. The second-order valence-electron chi connectivity index (χ2n) is 8.66. The maximum absolute atomic E-state index is 14.5. The Balaban J connectivity index is 2.06. The van der Waals surface area contributed by atoms with E-state index in [9.17, 15) is 31.0 Å². The Morgan fingerprint density at radius 3 is 2.54 bits per heavy atom. The number of benzene rings is 1. The molecule has 0 saturated carbocycles. The number of halogens is 5. The summed E-state index contributed by atoms with van der Waals surface area (Å²) in [4.78, 5) is 17.1. The van der Waals surface area contributed by atoms with Gasteiger partial charge in [0.2, 0.25) is 5.82 Å². The van der Waals surface area contributed by atoms with Gasteiger partial charge in [0.05, 0.1) is 28.9 Å². The predicted molar refractivity (Wildman–Crippen MR) is 117 cm³/mol. The first kappa shape index (κ1) is 26.8. The minimum Gasteiger partial charge on any atom is -0.493 e. The summed E-state index contributed by atoms with van der Waals surface area (Å²) in [5.41, 5.74) is -1.81. The lowest BCUT2D eigenvalue weighted by atomic mass is 9.76. The summed E-state index contributed by atoms with van der Waals surface area (Å²) in [5.74, 6) is -6.09. The molecule has 0 spiro atoms. The number of amides is 1. The summed E-state index contributed by atoms with van der Waals surface area (Å²) in [6, 6.07) is 4.49. The number of hydrogen-bond acceptors (Lipinski definition) is 6. The second kappa shape index (κ2) is 9.34. The van der Waals surface area contributed by atoms with Crippen molar-refractivity contribution in [3.05, 3.63) is 47.7 Å². The second-order valence-corrected chi connectivity index (χ2v) is 10.8. The number of nitrogens with zero attached hydrogens (tertiary/aromatic N) is 1. The van der Waals surface area contributed by atoms with Gasteiger partial charge in [0.15, 0.2) is 11.6 Å². The van der Waals surface area contributed by atoms with Gasteiger partial charge >= 0.3 is 6.18 Å². The Morgan fingerprint density at radius 2 is 1.97 bits per heavy atom. The highest BCUT2D eigenvalue weighted by Crippen LogP contribution is 2.52. The summed E-state index contributed by atoms with van der Waals surface area (Å²) in [7, 11) is -2.13. The molecule has 1 saturated heterocycles. The van der Waals surface area contributed by atoms with Crippen LogP contribution in [-0.4, -0.2) is 46.3 Å². The largest absolute Gasteiger partial charge is 0.493 e. The molecular formula is C22H24F5N3O4S. The SMILES string of the molecule is COc1c([C@H]2C(C(=O)Nc3ccnc(S(C)(=N)=O)c3)O[C@@](C)(CC(F)(F)F)[C@H]2C)ccc(F)c1F. The van der Waals surface area contributed by atoms with E-state index in [-0.39, 0.29) is 16.3 Å². The minimum absolute atomic E-state index is 0.0249. The maximum atomic E-state index is 14.5. The van der Waals surface area contributed by atoms with Gasteiger partial charge in [0.25, 0.3) is 5.91 Å². The highest BCUT2D eigenvalue weighted by molar-refractivity contribution is 7.91. The van der Waals surface area contributed by atoms with E-state index in [1.807, 2.05) is 0 Å². The van der Waals surface area contributed by atoms with Crippen molar-refractivity contribution in [3.8, 4) is 5.75 Å². The number of carbonyl (C=O) groups is 1. The van der Waals surface area contributed by atoms with Crippen LogP contribution in [0.5, 0.6) is 5.75 Å². The van der Waals surface area contributed by atoms with E-state index in [0.717, 1.165) is 25.5 Å². The molecule has 1 aromatic heterocycles. The molecule has 0 aliphatic carbocycles. The van der Waals surface area contributed by atoms with Crippen LogP contribution in [0, 0.1) is 22.3 Å². The van der Waals surface area contributed by atoms with E-state index in [1.165, 1.54) is 32.2 Å². The molecule has 2 N–H and O–H groups in total. The van der Waals surface area contributed by atoms with Crippen molar-refractivity contribution >= 4 is 21.3 Å². The Bertz CT molecular complexity index is 1240. The van der Waals surface area contributed by atoms with Crippen molar-refractivity contribution < 1.29 is 40.4 Å². The Kier molecular flexibility index (Phi) is 7.15. The summed E-state index contributed by atoms with van der Waals surface area (Å²) < 4.78 is 98.8. The summed E-state index contributed by atoms with van der Waals surface area (Å²) >= 11 is 0. The standard InChI is InChI=1S/C22H24F5N3O4S/c1-11-16(13-5-6-14(23)17(24)18(13)33-3)19(34-21(11,2)10-22(25,26)27)20(31)30-12-7-8-29-15(9-12)35(4,28)32/h5-9,11,16,19,28H,10H2,1-4H3,(H,29,30,31)/t11-,16-,19?,21-,35?/m0/s1. The highest BCUT2D eigenvalue weighted by Gasteiger charge is 2.57. The molecule has 192 valence electrons. The Morgan fingerprint density at radius 1 is 1.31 bits per heavy atom. The molecule has 3 rings (SSSR count). The molecule has 0 radical (unpaired) electrons. The lowest BCUT2D eigenvalue weighted by Crippen LogP contribution is -2.37. The van der Waals surface area contributed by atoms with Crippen LogP contribution in [0.15, 0.2) is 35.5 Å².